The molecule has 1 aromatic heterocycles. The minimum Gasteiger partial charge on any atom is -0.395 e. The van der Waals surface area contributed by atoms with Crippen molar-refractivity contribution in [2.75, 3.05) is 6.61 Å². The third kappa shape index (κ3) is 1.55. The van der Waals surface area contributed by atoms with E-state index in [4.69, 9.17) is 0 Å². The fourth-order valence-electron chi connectivity index (χ4n) is 2.19. The zero-order valence-electron chi connectivity index (χ0n) is 8.58. The normalized spacial score (nSPS) is 19.3. The molecule has 1 saturated carbocycles. The van der Waals surface area contributed by atoms with Gasteiger partial charge in [0.25, 0.3) is 6.43 Å². The summed E-state index contributed by atoms with van der Waals surface area (Å²) in [6.45, 7) is -0.0710. The maximum Gasteiger partial charge on any atom is 0.282 e. The Hall–Kier alpha value is -0.970. The largest absolute Gasteiger partial charge is 0.395 e. The Morgan fingerprint density at radius 3 is 2.67 bits per heavy atom. The van der Waals surface area contributed by atoms with Crippen LogP contribution >= 0.6 is 0 Å². The van der Waals surface area contributed by atoms with Crippen LogP contribution in [0, 0.1) is 0 Å². The predicted molar refractivity (Wildman–Crippen MR) is 50.8 cm³/mol. The second-order valence-corrected chi connectivity index (χ2v) is 4.19. The Kier molecular flexibility index (Phi) is 2.50. The molecule has 1 aliphatic rings. The number of aliphatic hydroxyl groups is 1. The molecule has 2 rings (SSSR count). The second-order valence-electron chi connectivity index (χ2n) is 4.19. The summed E-state index contributed by atoms with van der Waals surface area (Å²) in [5.41, 5.74) is -0.111. The Bertz CT molecular complexity index is 353. The van der Waals surface area contributed by atoms with Crippen molar-refractivity contribution in [2.45, 2.75) is 31.1 Å². The molecule has 0 atom stereocenters. The van der Waals surface area contributed by atoms with E-state index in [9.17, 15) is 13.9 Å². The van der Waals surface area contributed by atoms with E-state index in [1.807, 2.05) is 0 Å². The van der Waals surface area contributed by atoms with Crippen molar-refractivity contribution in [1.29, 1.82) is 0 Å². The Labute approximate surface area is 86.7 Å². The van der Waals surface area contributed by atoms with Gasteiger partial charge in [0.15, 0.2) is 0 Å². The van der Waals surface area contributed by atoms with Gasteiger partial charge in [-0.15, -0.1) is 0 Å². The van der Waals surface area contributed by atoms with E-state index in [0.29, 0.717) is 5.56 Å². The number of hydrogen-bond acceptors (Lipinski definition) is 2. The fraction of sp³-hybridized carbons (Fsp3) is 0.700. The van der Waals surface area contributed by atoms with Crippen LogP contribution < -0.4 is 0 Å². The number of aryl methyl sites for hydroxylation is 1. The average molecular weight is 216 g/mol. The van der Waals surface area contributed by atoms with Crippen LogP contribution in [0.5, 0.6) is 0 Å². The van der Waals surface area contributed by atoms with Gasteiger partial charge < -0.3 is 5.11 Å². The van der Waals surface area contributed by atoms with Crippen LogP contribution in [0.25, 0.3) is 0 Å². The molecular formula is C10H14F2N2O. The molecule has 1 aromatic rings. The van der Waals surface area contributed by atoms with Crippen molar-refractivity contribution in [1.82, 2.24) is 9.78 Å². The number of aliphatic hydroxyl groups excluding tert-OH is 1. The maximum absolute atomic E-state index is 12.7. The summed E-state index contributed by atoms with van der Waals surface area (Å²) in [6, 6.07) is 0. The molecule has 0 unspecified atom stereocenters. The van der Waals surface area contributed by atoms with Gasteiger partial charge in [-0.2, -0.15) is 5.10 Å². The van der Waals surface area contributed by atoms with Crippen LogP contribution in [-0.2, 0) is 12.5 Å². The lowest BCUT2D eigenvalue weighted by molar-refractivity contribution is 0.107. The number of halogens is 2. The van der Waals surface area contributed by atoms with Gasteiger partial charge in [0.05, 0.1) is 6.61 Å². The van der Waals surface area contributed by atoms with Gasteiger partial charge in [0.2, 0.25) is 0 Å². The van der Waals surface area contributed by atoms with Crippen molar-refractivity contribution < 1.29 is 13.9 Å². The Morgan fingerprint density at radius 2 is 2.27 bits per heavy atom. The SMILES string of the molecule is Cn1cc(C2(CO)CCC2)c(C(F)F)n1. The molecule has 0 radical (unpaired) electrons. The molecule has 1 heterocycles. The summed E-state index contributed by atoms with van der Waals surface area (Å²) in [5, 5.41) is 13.1. The van der Waals surface area contributed by atoms with Crippen LogP contribution in [0.3, 0.4) is 0 Å². The van der Waals surface area contributed by atoms with E-state index < -0.39 is 11.8 Å². The molecule has 1 fully saturated rings. The quantitative estimate of drug-likeness (QED) is 0.836. The fourth-order valence-corrected chi connectivity index (χ4v) is 2.19. The highest BCUT2D eigenvalue weighted by Gasteiger charge is 2.42. The smallest absolute Gasteiger partial charge is 0.282 e. The number of nitrogens with zero attached hydrogens (tertiary/aromatic N) is 2. The number of rotatable bonds is 3. The summed E-state index contributed by atoms with van der Waals surface area (Å²) in [5.74, 6) is 0. The van der Waals surface area contributed by atoms with Crippen LogP contribution in [0.1, 0.15) is 36.9 Å². The van der Waals surface area contributed by atoms with Crippen molar-refractivity contribution in [2.24, 2.45) is 7.05 Å². The lowest BCUT2D eigenvalue weighted by atomic mass is 9.65. The summed E-state index contributed by atoms with van der Waals surface area (Å²) in [6.07, 6.45) is 1.57. The van der Waals surface area contributed by atoms with Gasteiger partial charge in [-0.25, -0.2) is 8.78 Å². The zero-order valence-corrected chi connectivity index (χ0v) is 8.58. The highest BCUT2D eigenvalue weighted by Crippen LogP contribution is 2.45. The van der Waals surface area contributed by atoms with E-state index in [1.54, 1.807) is 13.2 Å². The van der Waals surface area contributed by atoms with Gasteiger partial charge in [0.1, 0.15) is 5.69 Å². The third-order valence-electron chi connectivity index (χ3n) is 3.25. The van der Waals surface area contributed by atoms with Crippen LogP contribution in [0.15, 0.2) is 6.20 Å². The summed E-state index contributed by atoms with van der Waals surface area (Å²) in [4.78, 5) is 0. The molecule has 0 saturated heterocycles. The van der Waals surface area contributed by atoms with Crippen molar-refractivity contribution >= 4 is 0 Å². The molecule has 1 aliphatic carbocycles. The molecule has 0 spiro atoms. The van der Waals surface area contributed by atoms with Gasteiger partial charge in [0, 0.05) is 24.2 Å². The summed E-state index contributed by atoms with van der Waals surface area (Å²) < 4.78 is 26.8. The molecule has 0 aromatic carbocycles. The highest BCUT2D eigenvalue weighted by atomic mass is 19.3. The van der Waals surface area contributed by atoms with E-state index >= 15 is 0 Å². The summed E-state index contributed by atoms with van der Waals surface area (Å²) >= 11 is 0. The number of hydrogen-bond donors (Lipinski definition) is 1. The minimum atomic E-state index is -2.56. The van der Waals surface area contributed by atoms with Gasteiger partial charge in [-0.3, -0.25) is 4.68 Å². The standard InChI is InChI=1S/C10H14F2N2O/c1-14-5-7(8(13-14)9(11)12)10(6-15)3-2-4-10/h5,9,15H,2-4,6H2,1H3. The summed E-state index contributed by atoms with van der Waals surface area (Å²) in [7, 11) is 1.62. The first-order valence-electron chi connectivity index (χ1n) is 5.02. The minimum absolute atomic E-state index is 0.0710. The first kappa shape index (κ1) is 10.5. The number of alkyl halides is 2. The zero-order chi connectivity index (χ0) is 11.1. The Balaban J connectivity index is 2.41. The molecule has 84 valence electrons. The molecule has 1 N–H and O–H groups in total. The highest BCUT2D eigenvalue weighted by molar-refractivity contribution is 5.31. The first-order chi connectivity index (χ1) is 7.09. The first-order valence-corrected chi connectivity index (χ1v) is 5.02. The van der Waals surface area contributed by atoms with Gasteiger partial charge in [-0.05, 0) is 12.8 Å². The average Bonchev–Trinajstić information content (AvgIpc) is 2.47. The molecule has 15 heavy (non-hydrogen) atoms. The molecule has 0 amide bonds. The topological polar surface area (TPSA) is 38.0 Å². The monoisotopic (exact) mass is 216 g/mol. The second kappa shape index (κ2) is 3.56. The predicted octanol–water partition coefficient (Wildman–Crippen LogP) is 1.77. The van der Waals surface area contributed by atoms with Crippen LogP contribution in [0.4, 0.5) is 8.78 Å². The van der Waals surface area contributed by atoms with E-state index in [1.165, 1.54) is 4.68 Å². The van der Waals surface area contributed by atoms with Crippen LogP contribution in [-0.4, -0.2) is 21.5 Å². The third-order valence-corrected chi connectivity index (χ3v) is 3.25. The van der Waals surface area contributed by atoms with Crippen molar-refractivity contribution in [3.8, 4) is 0 Å². The Morgan fingerprint density at radius 1 is 1.60 bits per heavy atom. The molecule has 3 nitrogen and oxygen atoms in total. The molecule has 0 aliphatic heterocycles. The lowest BCUT2D eigenvalue weighted by Crippen LogP contribution is -2.38. The molecule has 0 bridgehead atoms. The van der Waals surface area contributed by atoms with Crippen molar-refractivity contribution in [3.63, 3.8) is 0 Å². The lowest BCUT2D eigenvalue weighted by Gasteiger charge is -2.40. The molecule has 5 heteroatoms. The molecular weight excluding hydrogens is 202 g/mol. The van der Waals surface area contributed by atoms with Crippen molar-refractivity contribution in [3.05, 3.63) is 17.5 Å². The van der Waals surface area contributed by atoms with Crippen LogP contribution in [0.2, 0.25) is 0 Å². The maximum atomic E-state index is 12.7. The van der Waals surface area contributed by atoms with Gasteiger partial charge >= 0.3 is 0 Å². The number of aromatic nitrogens is 2. The van der Waals surface area contributed by atoms with E-state index in [2.05, 4.69) is 5.10 Å². The van der Waals surface area contributed by atoms with Gasteiger partial charge in [-0.1, -0.05) is 6.42 Å². The van der Waals surface area contributed by atoms with E-state index in [0.717, 1.165) is 19.3 Å². The van der Waals surface area contributed by atoms with E-state index in [-0.39, 0.29) is 12.3 Å².